The standard InChI is InChI=1S/C18H25ClN2O4S/c1-18(2,3)25-17(23)21-14(15(22)20-9-10-24-4)11-26-16(21)12-5-7-13(19)8-6-12/h5-8,14,16H,9-11H2,1-4H3,(H,20,22)/t14-,16-/m1/s1. The quantitative estimate of drug-likeness (QED) is 0.766. The van der Waals surface area contributed by atoms with E-state index in [1.165, 1.54) is 16.7 Å². The summed E-state index contributed by atoms with van der Waals surface area (Å²) in [6.45, 7) is 6.22. The number of carbonyl (C=O) groups excluding carboxylic acids is 2. The summed E-state index contributed by atoms with van der Waals surface area (Å²) in [5.41, 5.74) is 0.254. The van der Waals surface area contributed by atoms with E-state index in [0.717, 1.165) is 5.56 Å². The number of methoxy groups -OCH3 is 1. The van der Waals surface area contributed by atoms with Crippen molar-refractivity contribution in [1.82, 2.24) is 10.2 Å². The normalized spacial score (nSPS) is 20.1. The molecule has 1 fully saturated rings. The van der Waals surface area contributed by atoms with Crippen LogP contribution in [0.4, 0.5) is 4.79 Å². The molecule has 26 heavy (non-hydrogen) atoms. The predicted molar refractivity (Wildman–Crippen MR) is 103 cm³/mol. The highest BCUT2D eigenvalue weighted by Crippen LogP contribution is 2.42. The molecule has 0 saturated carbocycles. The number of carbonyl (C=O) groups is 2. The molecule has 1 heterocycles. The van der Waals surface area contributed by atoms with Gasteiger partial charge in [0.15, 0.2) is 0 Å². The Bertz CT molecular complexity index is 633. The topological polar surface area (TPSA) is 67.9 Å². The van der Waals surface area contributed by atoms with Crippen molar-refractivity contribution in [3.05, 3.63) is 34.9 Å². The van der Waals surface area contributed by atoms with Crippen molar-refractivity contribution in [1.29, 1.82) is 0 Å². The lowest BCUT2D eigenvalue weighted by molar-refractivity contribution is -0.125. The molecule has 2 rings (SSSR count). The molecular formula is C18H25ClN2O4S. The second-order valence-corrected chi connectivity index (χ2v) is 8.47. The molecule has 0 spiro atoms. The third-order valence-electron chi connectivity index (χ3n) is 3.67. The van der Waals surface area contributed by atoms with Gasteiger partial charge in [-0.3, -0.25) is 9.69 Å². The van der Waals surface area contributed by atoms with E-state index in [2.05, 4.69) is 5.32 Å². The highest BCUT2D eigenvalue weighted by Gasteiger charge is 2.44. The van der Waals surface area contributed by atoms with Gasteiger partial charge in [0.05, 0.1) is 6.61 Å². The van der Waals surface area contributed by atoms with E-state index in [1.54, 1.807) is 40.0 Å². The third-order valence-corrected chi connectivity index (χ3v) is 5.24. The maximum absolute atomic E-state index is 12.8. The molecule has 1 aromatic carbocycles. The minimum atomic E-state index is -0.647. The number of thioether (sulfide) groups is 1. The molecule has 1 aliphatic rings. The van der Waals surface area contributed by atoms with Crippen molar-refractivity contribution < 1.29 is 19.1 Å². The lowest BCUT2D eigenvalue weighted by Crippen LogP contribution is -2.49. The van der Waals surface area contributed by atoms with Gasteiger partial charge in [-0.05, 0) is 38.5 Å². The molecule has 144 valence electrons. The largest absolute Gasteiger partial charge is 0.444 e. The summed E-state index contributed by atoms with van der Waals surface area (Å²) >= 11 is 7.50. The van der Waals surface area contributed by atoms with Crippen LogP contribution in [-0.2, 0) is 14.3 Å². The van der Waals surface area contributed by atoms with Crippen LogP contribution in [0.1, 0.15) is 31.7 Å². The molecule has 1 N–H and O–H groups in total. The molecular weight excluding hydrogens is 376 g/mol. The number of rotatable bonds is 5. The summed E-state index contributed by atoms with van der Waals surface area (Å²) in [6.07, 6.45) is -0.505. The first-order valence-corrected chi connectivity index (χ1v) is 9.80. The van der Waals surface area contributed by atoms with Gasteiger partial charge in [0.1, 0.15) is 17.0 Å². The van der Waals surface area contributed by atoms with Crippen molar-refractivity contribution in [2.75, 3.05) is 26.0 Å². The van der Waals surface area contributed by atoms with Gasteiger partial charge in [-0.25, -0.2) is 4.79 Å². The highest BCUT2D eigenvalue weighted by atomic mass is 35.5. The van der Waals surface area contributed by atoms with Crippen molar-refractivity contribution >= 4 is 35.4 Å². The highest BCUT2D eigenvalue weighted by molar-refractivity contribution is 7.99. The zero-order chi connectivity index (χ0) is 19.3. The molecule has 1 aliphatic heterocycles. The fourth-order valence-corrected chi connectivity index (χ4v) is 4.07. The summed E-state index contributed by atoms with van der Waals surface area (Å²) in [5.74, 6) is 0.280. The van der Waals surface area contributed by atoms with Crippen molar-refractivity contribution in [2.45, 2.75) is 37.8 Å². The molecule has 8 heteroatoms. The summed E-state index contributed by atoms with van der Waals surface area (Å²) in [5, 5.41) is 3.12. The molecule has 0 aliphatic carbocycles. The number of nitrogens with zero attached hydrogens (tertiary/aromatic N) is 1. The number of amides is 2. The number of nitrogens with one attached hydrogen (secondary N) is 1. The maximum atomic E-state index is 12.8. The zero-order valence-corrected chi connectivity index (χ0v) is 17.0. The molecule has 1 saturated heterocycles. The Labute approximate surface area is 163 Å². The smallest absolute Gasteiger partial charge is 0.412 e. The Kier molecular flexibility index (Phi) is 7.20. The van der Waals surface area contributed by atoms with E-state index in [-0.39, 0.29) is 11.3 Å². The first-order valence-electron chi connectivity index (χ1n) is 8.38. The van der Waals surface area contributed by atoms with Gasteiger partial charge >= 0.3 is 6.09 Å². The lowest BCUT2D eigenvalue weighted by atomic mass is 10.1. The second kappa shape index (κ2) is 8.97. The van der Waals surface area contributed by atoms with Gasteiger partial charge in [0, 0.05) is 24.4 Å². The van der Waals surface area contributed by atoms with Crippen LogP contribution in [0.15, 0.2) is 24.3 Å². The number of hydrogen-bond acceptors (Lipinski definition) is 5. The summed E-state index contributed by atoms with van der Waals surface area (Å²) in [4.78, 5) is 26.9. The Morgan fingerprint density at radius 1 is 1.31 bits per heavy atom. The molecule has 2 amide bonds. The predicted octanol–water partition coefficient (Wildman–Crippen LogP) is 3.45. The second-order valence-electron chi connectivity index (χ2n) is 6.92. The third kappa shape index (κ3) is 5.53. The van der Waals surface area contributed by atoms with E-state index < -0.39 is 17.7 Å². The van der Waals surface area contributed by atoms with Crippen molar-refractivity contribution in [3.8, 4) is 0 Å². The van der Waals surface area contributed by atoms with Crippen LogP contribution in [0.5, 0.6) is 0 Å². The summed E-state index contributed by atoms with van der Waals surface area (Å²) < 4.78 is 10.5. The first-order chi connectivity index (χ1) is 12.2. The average molecular weight is 401 g/mol. The Morgan fingerprint density at radius 2 is 1.96 bits per heavy atom. The average Bonchev–Trinajstić information content (AvgIpc) is 2.99. The van der Waals surface area contributed by atoms with Gasteiger partial charge in [-0.1, -0.05) is 23.7 Å². The summed E-state index contributed by atoms with van der Waals surface area (Å²) in [7, 11) is 1.57. The fraction of sp³-hybridized carbons (Fsp3) is 0.556. The van der Waals surface area contributed by atoms with Crippen LogP contribution < -0.4 is 5.32 Å². The number of halogens is 1. The van der Waals surface area contributed by atoms with E-state index in [1.807, 2.05) is 12.1 Å². The van der Waals surface area contributed by atoms with Crippen LogP contribution in [0.25, 0.3) is 0 Å². The van der Waals surface area contributed by atoms with Crippen LogP contribution in [0, 0.1) is 0 Å². The van der Waals surface area contributed by atoms with Crippen LogP contribution in [0.2, 0.25) is 5.02 Å². The molecule has 0 aromatic heterocycles. The van der Waals surface area contributed by atoms with Crippen LogP contribution in [-0.4, -0.2) is 54.6 Å². The van der Waals surface area contributed by atoms with E-state index in [0.29, 0.717) is 23.9 Å². The molecule has 0 radical (unpaired) electrons. The molecule has 6 nitrogen and oxygen atoms in total. The number of ether oxygens (including phenoxy) is 2. The maximum Gasteiger partial charge on any atom is 0.412 e. The molecule has 1 aromatic rings. The molecule has 2 atom stereocenters. The Hall–Kier alpha value is -1.44. The molecule has 0 bridgehead atoms. The van der Waals surface area contributed by atoms with E-state index in [9.17, 15) is 9.59 Å². The minimum Gasteiger partial charge on any atom is -0.444 e. The van der Waals surface area contributed by atoms with Crippen LogP contribution in [0.3, 0.4) is 0 Å². The van der Waals surface area contributed by atoms with E-state index in [4.69, 9.17) is 21.1 Å². The number of hydrogen-bond donors (Lipinski definition) is 1. The fourth-order valence-electron chi connectivity index (χ4n) is 2.52. The van der Waals surface area contributed by atoms with Gasteiger partial charge in [0.2, 0.25) is 5.91 Å². The lowest BCUT2D eigenvalue weighted by Gasteiger charge is -2.31. The van der Waals surface area contributed by atoms with Crippen molar-refractivity contribution in [3.63, 3.8) is 0 Å². The Morgan fingerprint density at radius 3 is 2.54 bits per heavy atom. The van der Waals surface area contributed by atoms with Crippen molar-refractivity contribution in [2.24, 2.45) is 0 Å². The van der Waals surface area contributed by atoms with Gasteiger partial charge in [0.25, 0.3) is 0 Å². The summed E-state index contributed by atoms with van der Waals surface area (Å²) in [6, 6.07) is 6.67. The first kappa shape index (κ1) is 20.9. The van der Waals surface area contributed by atoms with Gasteiger partial charge in [-0.15, -0.1) is 11.8 Å². The SMILES string of the molecule is COCCNC(=O)[C@H]1CS[C@H](c2ccc(Cl)cc2)N1C(=O)OC(C)(C)C. The van der Waals surface area contributed by atoms with Crippen LogP contribution >= 0.6 is 23.4 Å². The molecule has 0 unspecified atom stereocenters. The monoisotopic (exact) mass is 400 g/mol. The minimum absolute atomic E-state index is 0.211. The van der Waals surface area contributed by atoms with Gasteiger partial charge < -0.3 is 14.8 Å². The Balaban J connectivity index is 2.23. The van der Waals surface area contributed by atoms with E-state index >= 15 is 0 Å². The zero-order valence-electron chi connectivity index (χ0n) is 15.5. The van der Waals surface area contributed by atoms with Gasteiger partial charge in [-0.2, -0.15) is 0 Å². The number of benzene rings is 1.